The van der Waals surface area contributed by atoms with Crippen molar-refractivity contribution >= 4 is 6.08 Å². The zero-order chi connectivity index (χ0) is 19.9. The molecule has 0 saturated heterocycles. The van der Waals surface area contributed by atoms with E-state index in [-0.39, 0.29) is 6.04 Å². The van der Waals surface area contributed by atoms with Crippen LogP contribution in [0.15, 0.2) is 36.4 Å². The van der Waals surface area contributed by atoms with Crippen molar-refractivity contribution in [2.45, 2.75) is 52.5 Å². The average Bonchev–Trinajstić information content (AvgIpc) is 2.72. The van der Waals surface area contributed by atoms with Crippen molar-refractivity contribution < 1.29 is 9.47 Å². The first-order valence-electron chi connectivity index (χ1n) is 10.5. The van der Waals surface area contributed by atoms with E-state index in [1.54, 1.807) is 7.11 Å². The number of benzene rings is 2. The summed E-state index contributed by atoms with van der Waals surface area (Å²) in [4.78, 5) is 0. The number of aryl methyl sites for hydroxylation is 2. The minimum Gasteiger partial charge on any atom is -0.493 e. The largest absolute Gasteiger partial charge is 0.493 e. The maximum absolute atomic E-state index is 5.97. The number of methoxy groups -OCH3 is 1. The highest BCUT2D eigenvalue weighted by Gasteiger charge is 2.21. The van der Waals surface area contributed by atoms with Crippen LogP contribution in [0.3, 0.4) is 0 Å². The zero-order valence-corrected chi connectivity index (χ0v) is 17.7. The molecule has 0 fully saturated rings. The van der Waals surface area contributed by atoms with Crippen LogP contribution in [-0.4, -0.2) is 20.3 Å². The SMILES string of the molecule is CCCCOc1cc2c(cc1OC)C(/C=C/c1ccc(C)c(CC)c1)NCC2. The fourth-order valence-corrected chi connectivity index (χ4v) is 3.75. The second kappa shape index (κ2) is 9.79. The summed E-state index contributed by atoms with van der Waals surface area (Å²) in [6.07, 6.45) is 8.75. The Kier molecular flexibility index (Phi) is 7.16. The van der Waals surface area contributed by atoms with E-state index in [1.165, 1.54) is 27.8 Å². The third kappa shape index (κ3) is 4.77. The lowest BCUT2D eigenvalue weighted by molar-refractivity contribution is 0.287. The van der Waals surface area contributed by atoms with Gasteiger partial charge in [0, 0.05) is 6.54 Å². The predicted molar refractivity (Wildman–Crippen MR) is 117 cm³/mol. The number of rotatable bonds is 8. The van der Waals surface area contributed by atoms with Crippen LogP contribution in [0.4, 0.5) is 0 Å². The number of unbranched alkanes of at least 4 members (excludes halogenated alkanes) is 1. The lowest BCUT2D eigenvalue weighted by Crippen LogP contribution is -2.28. The Morgan fingerprint density at radius 3 is 2.75 bits per heavy atom. The summed E-state index contributed by atoms with van der Waals surface area (Å²) in [6, 6.07) is 11.2. The van der Waals surface area contributed by atoms with E-state index in [1.807, 2.05) is 0 Å². The monoisotopic (exact) mass is 379 g/mol. The molecule has 3 nitrogen and oxygen atoms in total. The van der Waals surface area contributed by atoms with E-state index in [0.29, 0.717) is 0 Å². The molecule has 0 aliphatic carbocycles. The molecule has 2 aromatic rings. The van der Waals surface area contributed by atoms with Crippen LogP contribution in [-0.2, 0) is 12.8 Å². The molecule has 1 heterocycles. The Hall–Kier alpha value is -2.26. The van der Waals surface area contributed by atoms with Crippen LogP contribution in [0.2, 0.25) is 0 Å². The molecule has 28 heavy (non-hydrogen) atoms. The molecule has 0 aromatic heterocycles. The Morgan fingerprint density at radius 2 is 2.00 bits per heavy atom. The summed E-state index contributed by atoms with van der Waals surface area (Å²) < 4.78 is 11.6. The van der Waals surface area contributed by atoms with Gasteiger partial charge in [-0.2, -0.15) is 0 Å². The van der Waals surface area contributed by atoms with Gasteiger partial charge in [-0.1, -0.05) is 50.6 Å². The van der Waals surface area contributed by atoms with Gasteiger partial charge in [-0.15, -0.1) is 0 Å². The molecule has 3 rings (SSSR count). The number of fused-ring (bicyclic) bond motifs is 1. The molecule has 1 aliphatic rings. The van der Waals surface area contributed by atoms with Gasteiger partial charge in [0.25, 0.3) is 0 Å². The molecule has 0 radical (unpaired) electrons. The second-order valence-electron chi connectivity index (χ2n) is 7.48. The molecule has 150 valence electrons. The first-order chi connectivity index (χ1) is 13.7. The topological polar surface area (TPSA) is 30.5 Å². The van der Waals surface area contributed by atoms with Gasteiger partial charge in [0.1, 0.15) is 0 Å². The highest BCUT2D eigenvalue weighted by molar-refractivity contribution is 5.56. The molecule has 1 aliphatic heterocycles. The summed E-state index contributed by atoms with van der Waals surface area (Å²) in [5.74, 6) is 1.69. The molecule has 0 spiro atoms. The molecule has 3 heteroatoms. The zero-order valence-electron chi connectivity index (χ0n) is 17.7. The Labute approximate surface area is 169 Å². The third-order valence-corrected chi connectivity index (χ3v) is 5.51. The van der Waals surface area contributed by atoms with Gasteiger partial charge in [-0.3, -0.25) is 0 Å². The van der Waals surface area contributed by atoms with Crippen molar-refractivity contribution in [1.29, 1.82) is 0 Å². The highest BCUT2D eigenvalue weighted by Crippen LogP contribution is 2.36. The van der Waals surface area contributed by atoms with E-state index < -0.39 is 0 Å². The van der Waals surface area contributed by atoms with Gasteiger partial charge >= 0.3 is 0 Å². The van der Waals surface area contributed by atoms with Crippen molar-refractivity contribution in [2.75, 3.05) is 20.3 Å². The maximum Gasteiger partial charge on any atom is 0.161 e. The van der Waals surface area contributed by atoms with E-state index >= 15 is 0 Å². The van der Waals surface area contributed by atoms with Crippen LogP contribution in [0.1, 0.15) is 60.5 Å². The van der Waals surface area contributed by atoms with E-state index in [2.05, 4.69) is 68.6 Å². The summed E-state index contributed by atoms with van der Waals surface area (Å²) in [7, 11) is 1.72. The van der Waals surface area contributed by atoms with Gasteiger partial charge in [-0.25, -0.2) is 0 Å². The number of hydrogen-bond donors (Lipinski definition) is 1. The van der Waals surface area contributed by atoms with Crippen LogP contribution in [0, 0.1) is 6.92 Å². The molecule has 1 atom stereocenters. The van der Waals surface area contributed by atoms with Gasteiger partial charge in [-0.05, 0) is 66.1 Å². The predicted octanol–water partition coefficient (Wildman–Crippen LogP) is 5.65. The third-order valence-electron chi connectivity index (χ3n) is 5.51. The molecule has 1 N–H and O–H groups in total. The second-order valence-corrected chi connectivity index (χ2v) is 7.48. The van der Waals surface area contributed by atoms with Crippen LogP contribution >= 0.6 is 0 Å². The molecular weight excluding hydrogens is 346 g/mol. The summed E-state index contributed by atoms with van der Waals surface area (Å²) in [6.45, 7) is 8.27. The molecule has 2 aromatic carbocycles. The molecule has 1 unspecified atom stereocenters. The van der Waals surface area contributed by atoms with Gasteiger partial charge in [0.05, 0.1) is 19.8 Å². The van der Waals surface area contributed by atoms with Crippen molar-refractivity contribution in [3.63, 3.8) is 0 Å². The Balaban J connectivity index is 1.84. The Bertz CT molecular complexity index is 826. The minimum atomic E-state index is 0.189. The fourth-order valence-electron chi connectivity index (χ4n) is 3.75. The van der Waals surface area contributed by atoms with Crippen LogP contribution < -0.4 is 14.8 Å². The van der Waals surface area contributed by atoms with Crippen molar-refractivity contribution in [3.05, 3.63) is 64.2 Å². The summed E-state index contributed by atoms with van der Waals surface area (Å²) in [5.41, 5.74) is 6.66. The quantitative estimate of drug-likeness (QED) is 0.602. The van der Waals surface area contributed by atoms with Crippen molar-refractivity contribution in [2.24, 2.45) is 0 Å². The fraction of sp³-hybridized carbons (Fsp3) is 0.440. The van der Waals surface area contributed by atoms with Crippen molar-refractivity contribution in [1.82, 2.24) is 5.32 Å². The Morgan fingerprint density at radius 1 is 1.14 bits per heavy atom. The summed E-state index contributed by atoms with van der Waals surface area (Å²) in [5, 5.41) is 3.63. The molecule has 0 amide bonds. The lowest BCUT2D eigenvalue weighted by atomic mass is 9.92. The van der Waals surface area contributed by atoms with E-state index in [9.17, 15) is 0 Å². The van der Waals surface area contributed by atoms with E-state index in [4.69, 9.17) is 9.47 Å². The first-order valence-corrected chi connectivity index (χ1v) is 10.5. The van der Waals surface area contributed by atoms with Gasteiger partial charge in [0.15, 0.2) is 11.5 Å². The summed E-state index contributed by atoms with van der Waals surface area (Å²) >= 11 is 0. The van der Waals surface area contributed by atoms with Gasteiger partial charge in [0.2, 0.25) is 0 Å². The van der Waals surface area contributed by atoms with Crippen molar-refractivity contribution in [3.8, 4) is 11.5 Å². The number of ether oxygens (including phenoxy) is 2. The van der Waals surface area contributed by atoms with E-state index in [0.717, 1.165) is 50.3 Å². The maximum atomic E-state index is 5.97. The minimum absolute atomic E-state index is 0.189. The van der Waals surface area contributed by atoms with Crippen LogP contribution in [0.5, 0.6) is 11.5 Å². The molecule has 0 saturated carbocycles. The highest BCUT2D eigenvalue weighted by atomic mass is 16.5. The molecule has 0 bridgehead atoms. The average molecular weight is 380 g/mol. The number of nitrogens with one attached hydrogen (secondary N) is 1. The normalized spacial score (nSPS) is 16.2. The van der Waals surface area contributed by atoms with Crippen LogP contribution in [0.25, 0.3) is 6.08 Å². The lowest BCUT2D eigenvalue weighted by Gasteiger charge is -2.26. The standard InChI is InChI=1S/C25H33NO2/c1-5-7-14-28-25-16-21-12-13-26-23(22(21)17-24(25)27-4)11-10-19-9-8-18(3)20(6-2)15-19/h8-11,15-17,23,26H,5-7,12-14H2,1-4H3/b11-10+. The first kappa shape index (κ1) is 20.5. The number of hydrogen-bond acceptors (Lipinski definition) is 3. The smallest absolute Gasteiger partial charge is 0.161 e. The molecular formula is C25H33NO2. The van der Waals surface area contributed by atoms with Gasteiger partial charge < -0.3 is 14.8 Å².